The van der Waals surface area contributed by atoms with Crippen LogP contribution in [0.1, 0.15) is 11.1 Å². The van der Waals surface area contributed by atoms with Crippen molar-refractivity contribution in [3.05, 3.63) is 83.9 Å². The molecule has 0 bridgehead atoms. The Labute approximate surface area is 169 Å². The lowest BCUT2D eigenvalue weighted by molar-refractivity contribution is 0.306. The van der Waals surface area contributed by atoms with Gasteiger partial charge in [-0.25, -0.2) is 0 Å². The number of fused-ring (bicyclic) bond motifs is 1. The number of hydrogen-bond acceptors (Lipinski definition) is 5. The third-order valence-electron chi connectivity index (χ3n) is 4.61. The van der Waals surface area contributed by atoms with Crippen molar-refractivity contribution in [2.45, 2.75) is 13.2 Å². The van der Waals surface area contributed by atoms with Crippen molar-refractivity contribution >= 4 is 27.4 Å². The molecule has 0 aliphatic heterocycles. The molecule has 0 saturated carbocycles. The molecule has 3 aromatic carbocycles. The largest absolute Gasteiger partial charge is 0.497 e. The fourth-order valence-electron chi connectivity index (χ4n) is 3.09. The van der Waals surface area contributed by atoms with Crippen molar-refractivity contribution in [2.75, 3.05) is 19.1 Å². The van der Waals surface area contributed by atoms with E-state index < -0.39 is 0 Å². The minimum Gasteiger partial charge on any atom is -0.497 e. The fourth-order valence-corrected chi connectivity index (χ4v) is 3.89. The minimum absolute atomic E-state index is 0.576. The van der Waals surface area contributed by atoms with Crippen LogP contribution < -0.4 is 14.4 Å². The molecule has 4 aromatic rings. The molecule has 0 radical (unpaired) electrons. The maximum atomic E-state index is 5.87. The second-order valence-corrected chi connectivity index (χ2v) is 7.45. The van der Waals surface area contributed by atoms with E-state index in [9.17, 15) is 0 Å². The van der Waals surface area contributed by atoms with E-state index in [0.717, 1.165) is 39.5 Å². The zero-order valence-corrected chi connectivity index (χ0v) is 16.8. The Morgan fingerprint density at radius 3 is 2.39 bits per heavy atom. The Morgan fingerprint density at radius 2 is 1.64 bits per heavy atom. The highest BCUT2D eigenvalue weighted by molar-refractivity contribution is 7.13. The zero-order valence-electron chi connectivity index (χ0n) is 16.0. The van der Waals surface area contributed by atoms with Crippen LogP contribution in [-0.2, 0) is 13.2 Å². The number of hydrogen-bond donors (Lipinski definition) is 0. The first kappa shape index (κ1) is 18.3. The Hall–Kier alpha value is -3.05. The molecule has 0 aliphatic rings. The summed E-state index contributed by atoms with van der Waals surface area (Å²) in [4.78, 5) is 2.16. The van der Waals surface area contributed by atoms with Gasteiger partial charge in [0.1, 0.15) is 23.9 Å². The van der Waals surface area contributed by atoms with E-state index in [4.69, 9.17) is 9.47 Å². The molecular weight excluding hydrogens is 368 g/mol. The molecule has 5 heteroatoms. The van der Waals surface area contributed by atoms with Gasteiger partial charge in [0.15, 0.2) is 0 Å². The molecule has 1 aromatic heterocycles. The number of anilines is 1. The lowest BCUT2D eigenvalue weighted by Crippen LogP contribution is -2.16. The maximum absolute atomic E-state index is 5.87. The van der Waals surface area contributed by atoms with Crippen molar-refractivity contribution < 1.29 is 9.47 Å². The monoisotopic (exact) mass is 390 g/mol. The van der Waals surface area contributed by atoms with Gasteiger partial charge in [-0.15, -0.1) is 0 Å². The van der Waals surface area contributed by atoms with Gasteiger partial charge in [0.25, 0.3) is 0 Å². The first-order chi connectivity index (χ1) is 13.7. The molecule has 4 nitrogen and oxygen atoms in total. The van der Waals surface area contributed by atoms with E-state index in [0.29, 0.717) is 6.61 Å². The van der Waals surface area contributed by atoms with Crippen LogP contribution in [0, 0.1) is 0 Å². The van der Waals surface area contributed by atoms with E-state index in [1.807, 2.05) is 42.5 Å². The molecular formula is C23H22N2O2S. The van der Waals surface area contributed by atoms with E-state index in [-0.39, 0.29) is 0 Å². The molecule has 0 unspecified atom stereocenters. The van der Waals surface area contributed by atoms with Crippen LogP contribution in [-0.4, -0.2) is 18.5 Å². The number of benzene rings is 3. The fraction of sp³-hybridized carbons (Fsp3) is 0.174. The van der Waals surface area contributed by atoms with Gasteiger partial charge >= 0.3 is 0 Å². The van der Waals surface area contributed by atoms with Gasteiger partial charge in [-0.2, -0.15) is 4.37 Å². The highest BCUT2D eigenvalue weighted by Gasteiger charge is 2.12. The topological polar surface area (TPSA) is 34.6 Å². The highest BCUT2D eigenvalue weighted by atomic mass is 32.1. The summed E-state index contributed by atoms with van der Waals surface area (Å²) in [6.45, 7) is 1.35. The number of rotatable bonds is 7. The quantitative estimate of drug-likeness (QED) is 0.416. The summed E-state index contributed by atoms with van der Waals surface area (Å²) >= 11 is 1.51. The maximum Gasteiger partial charge on any atom is 0.150 e. The van der Waals surface area contributed by atoms with Crippen molar-refractivity contribution in [1.82, 2.24) is 4.37 Å². The summed E-state index contributed by atoms with van der Waals surface area (Å²) in [5.41, 5.74) is 2.37. The van der Waals surface area contributed by atoms with Crippen LogP contribution in [0.15, 0.2) is 72.8 Å². The summed E-state index contributed by atoms with van der Waals surface area (Å²) in [5, 5.41) is 1.12. The zero-order chi connectivity index (χ0) is 19.3. The van der Waals surface area contributed by atoms with Gasteiger partial charge < -0.3 is 14.4 Å². The van der Waals surface area contributed by atoms with Crippen LogP contribution >= 0.6 is 11.5 Å². The van der Waals surface area contributed by atoms with Gasteiger partial charge in [0, 0.05) is 19.0 Å². The van der Waals surface area contributed by atoms with Gasteiger partial charge in [-0.1, -0.05) is 42.5 Å². The third-order valence-corrected chi connectivity index (χ3v) is 5.43. The highest BCUT2D eigenvalue weighted by Crippen LogP contribution is 2.32. The van der Waals surface area contributed by atoms with Crippen molar-refractivity contribution in [3.63, 3.8) is 0 Å². The number of aromatic nitrogens is 1. The minimum atomic E-state index is 0.576. The summed E-state index contributed by atoms with van der Waals surface area (Å²) in [6, 6.07) is 24.5. The molecule has 0 N–H and O–H groups in total. The second kappa shape index (κ2) is 8.31. The van der Waals surface area contributed by atoms with E-state index in [1.54, 1.807) is 7.11 Å². The van der Waals surface area contributed by atoms with Gasteiger partial charge in [-0.3, -0.25) is 0 Å². The average molecular weight is 391 g/mol. The van der Waals surface area contributed by atoms with Crippen LogP contribution in [0.25, 0.3) is 10.1 Å². The van der Waals surface area contributed by atoms with Gasteiger partial charge in [0.05, 0.1) is 11.8 Å². The van der Waals surface area contributed by atoms with Crippen LogP contribution in [0.4, 0.5) is 5.82 Å². The molecule has 0 amide bonds. The molecule has 0 spiro atoms. The van der Waals surface area contributed by atoms with Crippen LogP contribution in [0.5, 0.6) is 11.5 Å². The number of methoxy groups -OCH3 is 1. The van der Waals surface area contributed by atoms with E-state index in [1.165, 1.54) is 17.1 Å². The molecule has 0 aliphatic carbocycles. The summed E-state index contributed by atoms with van der Waals surface area (Å²) in [6.07, 6.45) is 0. The molecule has 28 heavy (non-hydrogen) atoms. The Kier molecular flexibility index (Phi) is 5.44. The summed E-state index contributed by atoms with van der Waals surface area (Å²) < 4.78 is 17.0. The predicted molar refractivity (Wildman–Crippen MR) is 115 cm³/mol. The average Bonchev–Trinajstić information content (AvgIpc) is 3.17. The Morgan fingerprint density at radius 1 is 0.893 bits per heavy atom. The van der Waals surface area contributed by atoms with E-state index >= 15 is 0 Å². The normalized spacial score (nSPS) is 10.8. The number of ether oxygens (including phenoxy) is 2. The van der Waals surface area contributed by atoms with Crippen molar-refractivity contribution in [1.29, 1.82) is 0 Å². The molecule has 0 fully saturated rings. The molecule has 0 saturated heterocycles. The third kappa shape index (κ3) is 4.10. The number of nitrogens with zero attached hydrogens (tertiary/aromatic N) is 2. The second-order valence-electron chi connectivity index (χ2n) is 6.64. The first-order valence-corrected chi connectivity index (χ1v) is 9.90. The molecule has 1 heterocycles. The smallest absolute Gasteiger partial charge is 0.150 e. The lowest BCUT2D eigenvalue weighted by atomic mass is 10.2. The predicted octanol–water partition coefficient (Wildman–Crippen LogP) is 5.52. The van der Waals surface area contributed by atoms with Crippen molar-refractivity contribution in [2.24, 2.45) is 0 Å². The van der Waals surface area contributed by atoms with Gasteiger partial charge in [0.2, 0.25) is 0 Å². The molecule has 0 atom stereocenters. The Bertz CT molecular complexity index is 1050. The van der Waals surface area contributed by atoms with E-state index in [2.05, 4.69) is 46.7 Å². The first-order valence-electron chi connectivity index (χ1n) is 9.13. The van der Waals surface area contributed by atoms with Gasteiger partial charge in [-0.05, 0) is 53.0 Å². The summed E-state index contributed by atoms with van der Waals surface area (Å²) in [5.74, 6) is 2.70. The molecule has 4 rings (SSSR count). The standard InChI is InChI=1S/C23H22N2O2S/c1-25(23-21-14-20(26-2)12-13-22(21)28-24-23)15-17-8-10-19(11-9-17)27-16-18-6-4-3-5-7-18/h3-14H,15-16H2,1-2H3. The SMILES string of the molecule is COc1ccc2snc(N(C)Cc3ccc(OCc4ccccc4)cc3)c2c1. The van der Waals surface area contributed by atoms with Crippen LogP contribution in [0.3, 0.4) is 0 Å². The van der Waals surface area contributed by atoms with Crippen LogP contribution in [0.2, 0.25) is 0 Å². The van der Waals surface area contributed by atoms with Crippen molar-refractivity contribution in [3.8, 4) is 11.5 Å². The lowest BCUT2D eigenvalue weighted by Gasteiger charge is -2.17. The summed E-state index contributed by atoms with van der Waals surface area (Å²) in [7, 11) is 3.75. The Balaban J connectivity index is 1.42. The molecule has 142 valence electrons.